The van der Waals surface area contributed by atoms with Crippen molar-refractivity contribution in [3.63, 3.8) is 0 Å². The number of rotatable bonds is 8. The van der Waals surface area contributed by atoms with Gasteiger partial charge < -0.3 is 4.42 Å². The van der Waals surface area contributed by atoms with E-state index in [4.69, 9.17) is 22.1 Å². The molecule has 3 heterocycles. The van der Waals surface area contributed by atoms with Crippen molar-refractivity contribution in [1.82, 2.24) is 15.0 Å². The molecule has 10 aromatic carbocycles. The molecule has 0 aliphatic heterocycles. The zero-order chi connectivity index (χ0) is 50.2. The minimum atomic E-state index is -0.273. The molecule has 3 aromatic heterocycles. The summed E-state index contributed by atoms with van der Waals surface area (Å²) in [5, 5.41) is 2.73. The van der Waals surface area contributed by atoms with Crippen LogP contribution in [0.5, 0.6) is 0 Å². The van der Waals surface area contributed by atoms with Crippen molar-refractivity contribution in [2.45, 2.75) is 0 Å². The summed E-state index contributed by atoms with van der Waals surface area (Å²) in [5.74, 6) is 0.682. The van der Waals surface area contributed by atoms with E-state index >= 15 is 0 Å². The monoisotopic (exact) mass is 891 g/mol. The first-order chi connectivity index (χ1) is 36.2. The van der Waals surface area contributed by atoms with Crippen LogP contribution in [0.3, 0.4) is 0 Å². The molecule has 0 aliphatic rings. The number of nitrogens with zero attached hydrogens (tertiary/aromatic N) is 3. The summed E-state index contributed by atoms with van der Waals surface area (Å²) in [6, 6.07) is 64.8. The van der Waals surface area contributed by atoms with Crippen LogP contribution >= 0.6 is 11.3 Å². The Hall–Kier alpha value is -8.77. The predicted octanol–water partition coefficient (Wildman–Crippen LogP) is 17.5. The van der Waals surface area contributed by atoms with Gasteiger partial charge >= 0.3 is 0 Å². The van der Waals surface area contributed by atoms with E-state index in [1.807, 2.05) is 158 Å². The lowest BCUT2D eigenvalue weighted by Crippen LogP contribution is -2.00. The van der Waals surface area contributed by atoms with E-state index in [2.05, 4.69) is 42.5 Å². The van der Waals surface area contributed by atoms with Crippen molar-refractivity contribution < 1.29 is 12.6 Å². The van der Waals surface area contributed by atoms with Gasteiger partial charge in [-0.3, -0.25) is 0 Å². The largest absolute Gasteiger partial charge is 0.455 e. The Morgan fingerprint density at radius 1 is 0.324 bits per heavy atom. The molecule has 0 amide bonds. The van der Waals surface area contributed by atoms with Gasteiger partial charge in [0.05, 0.1) is 8.22 Å². The Morgan fingerprint density at radius 3 is 1.38 bits per heavy atom. The van der Waals surface area contributed by atoms with E-state index in [-0.39, 0.29) is 53.0 Å². The number of para-hydroxylation sites is 2. The molecule has 0 bridgehead atoms. The van der Waals surface area contributed by atoms with Crippen LogP contribution in [0.15, 0.2) is 241 Å². The number of aromatic nitrogens is 3. The Balaban J connectivity index is 0.978. The molecule has 5 heteroatoms. The van der Waals surface area contributed by atoms with E-state index in [1.54, 1.807) is 0 Å². The summed E-state index contributed by atoms with van der Waals surface area (Å²) in [6.07, 6.45) is 0. The summed E-state index contributed by atoms with van der Waals surface area (Å²) in [5.41, 5.74) is 11.8. The van der Waals surface area contributed by atoms with E-state index < -0.39 is 0 Å². The SMILES string of the molecule is [2H]c1c([2H])c(-c2ccccc2-c2ccccc2)c2c(sc3c([2H])c(-c4nc(-c5ccc(-c6ccccc6)cc5)nc(-c5ccc(-c6cccc7c6oc6c(-c8ccccc8)cccc67)cc5)n4)c([2H])c([2H])c32)c1[2H]. The number of hydrogen-bond acceptors (Lipinski definition) is 5. The smallest absolute Gasteiger partial charge is 0.164 e. The highest BCUT2D eigenvalue weighted by atomic mass is 32.1. The zero-order valence-corrected chi connectivity index (χ0v) is 37.0. The maximum atomic E-state index is 9.88. The van der Waals surface area contributed by atoms with Gasteiger partial charge in [-0.05, 0) is 56.6 Å². The molecule has 0 radical (unpaired) electrons. The van der Waals surface area contributed by atoms with Crippen LogP contribution in [0.1, 0.15) is 8.22 Å². The molecule has 0 atom stereocenters. The zero-order valence-electron chi connectivity index (χ0n) is 42.2. The molecule has 0 spiro atoms. The van der Waals surface area contributed by atoms with E-state index in [1.165, 1.54) is 0 Å². The van der Waals surface area contributed by atoms with Gasteiger partial charge in [-0.2, -0.15) is 0 Å². The summed E-state index contributed by atoms with van der Waals surface area (Å²) in [4.78, 5) is 15.0. The standard InChI is InChI=1S/C63H39N3OS/c1-4-15-40(16-5-1)41-29-33-45(34-30-41)61-64-62(46-35-31-44(32-36-46)50-24-13-27-54-53-26-12-23-49(59(53)67-60(50)54)43-19-8-3-9-20-43)66-63(65-61)47-37-38-55-57(39-47)68-56-28-14-25-52(58(55)56)51-22-11-10-21-48(51)42-17-6-2-7-18-42/h1-39H/i14D,25D,28D,37D,38D,39D. The molecule has 13 rings (SSSR count). The molecule has 318 valence electrons. The van der Waals surface area contributed by atoms with Crippen LogP contribution in [0.2, 0.25) is 0 Å². The summed E-state index contributed by atoms with van der Waals surface area (Å²) >= 11 is 1.12. The Kier molecular flexibility index (Phi) is 8.21. The second-order valence-corrected chi connectivity index (χ2v) is 17.6. The van der Waals surface area contributed by atoms with Crippen LogP contribution in [0, 0.1) is 0 Å². The van der Waals surface area contributed by atoms with Gasteiger partial charge in [0.1, 0.15) is 11.2 Å². The first-order valence-electron chi connectivity index (χ1n) is 25.3. The van der Waals surface area contributed by atoms with Gasteiger partial charge in [-0.1, -0.05) is 224 Å². The molecule has 0 saturated heterocycles. The highest BCUT2D eigenvalue weighted by molar-refractivity contribution is 7.26. The summed E-state index contributed by atoms with van der Waals surface area (Å²) in [6.45, 7) is 0. The minimum absolute atomic E-state index is 0.0397. The topological polar surface area (TPSA) is 51.8 Å². The molecule has 0 saturated carbocycles. The third-order valence-electron chi connectivity index (χ3n) is 12.5. The quantitative estimate of drug-likeness (QED) is 0.152. The average Bonchev–Trinajstić information content (AvgIpc) is 4.05. The normalized spacial score (nSPS) is 12.8. The molecule has 0 N–H and O–H groups in total. The number of fused-ring (bicyclic) bond motifs is 6. The molecule has 0 fully saturated rings. The molecule has 68 heavy (non-hydrogen) atoms. The van der Waals surface area contributed by atoms with Crippen molar-refractivity contribution in [3.8, 4) is 89.8 Å². The van der Waals surface area contributed by atoms with Crippen LogP contribution < -0.4 is 0 Å². The number of furan rings is 1. The number of benzene rings is 10. The summed E-state index contributed by atoms with van der Waals surface area (Å²) < 4.78 is 64.2. The average molecular weight is 892 g/mol. The van der Waals surface area contributed by atoms with E-state index in [9.17, 15) is 5.48 Å². The highest BCUT2D eigenvalue weighted by Gasteiger charge is 2.19. The van der Waals surface area contributed by atoms with Gasteiger partial charge in [-0.25, -0.2) is 15.0 Å². The van der Waals surface area contributed by atoms with Crippen molar-refractivity contribution in [3.05, 3.63) is 236 Å². The Morgan fingerprint density at radius 2 is 0.779 bits per heavy atom. The molecule has 13 aromatic rings. The maximum Gasteiger partial charge on any atom is 0.164 e. The number of hydrogen-bond donors (Lipinski definition) is 0. The first kappa shape index (κ1) is 33.7. The number of thiophene rings is 1. The maximum absolute atomic E-state index is 9.88. The second-order valence-electron chi connectivity index (χ2n) is 16.6. The van der Waals surface area contributed by atoms with E-state index in [0.717, 1.165) is 77.8 Å². The van der Waals surface area contributed by atoms with Crippen LogP contribution in [-0.4, -0.2) is 15.0 Å². The van der Waals surface area contributed by atoms with Crippen molar-refractivity contribution in [2.24, 2.45) is 0 Å². The predicted molar refractivity (Wildman–Crippen MR) is 283 cm³/mol. The molecular weight excluding hydrogens is 847 g/mol. The lowest BCUT2D eigenvalue weighted by Gasteiger charge is -2.12. The lowest BCUT2D eigenvalue weighted by molar-refractivity contribution is 0.671. The lowest BCUT2D eigenvalue weighted by atomic mass is 9.92. The Bertz CT molecular complexity index is 4350. The molecular formula is C63H39N3OS. The fourth-order valence-electron chi connectivity index (χ4n) is 9.21. The molecule has 0 aliphatic carbocycles. The third-order valence-corrected chi connectivity index (χ3v) is 13.5. The fraction of sp³-hybridized carbons (Fsp3) is 0. The van der Waals surface area contributed by atoms with Gasteiger partial charge in [0.2, 0.25) is 0 Å². The second kappa shape index (κ2) is 16.6. The summed E-state index contributed by atoms with van der Waals surface area (Å²) in [7, 11) is 0. The Labute approximate surface area is 405 Å². The first-order valence-corrected chi connectivity index (χ1v) is 23.2. The molecule has 4 nitrogen and oxygen atoms in total. The molecule has 0 unspecified atom stereocenters. The van der Waals surface area contributed by atoms with Crippen LogP contribution in [-0.2, 0) is 0 Å². The van der Waals surface area contributed by atoms with Crippen molar-refractivity contribution >= 4 is 53.4 Å². The van der Waals surface area contributed by atoms with Gasteiger partial charge in [0, 0.05) is 58.8 Å². The van der Waals surface area contributed by atoms with E-state index in [0.29, 0.717) is 48.7 Å². The third kappa shape index (κ3) is 6.96. The van der Waals surface area contributed by atoms with Gasteiger partial charge in [0.25, 0.3) is 0 Å². The fourth-order valence-corrected chi connectivity index (χ4v) is 10.2. The van der Waals surface area contributed by atoms with Gasteiger partial charge in [-0.15, -0.1) is 11.3 Å². The van der Waals surface area contributed by atoms with Crippen molar-refractivity contribution in [1.29, 1.82) is 0 Å². The minimum Gasteiger partial charge on any atom is -0.455 e. The highest BCUT2D eigenvalue weighted by Crippen LogP contribution is 2.44. The van der Waals surface area contributed by atoms with Gasteiger partial charge in [0.15, 0.2) is 17.5 Å². The van der Waals surface area contributed by atoms with Crippen LogP contribution in [0.4, 0.5) is 0 Å². The van der Waals surface area contributed by atoms with Crippen molar-refractivity contribution in [2.75, 3.05) is 0 Å². The van der Waals surface area contributed by atoms with Crippen LogP contribution in [0.25, 0.3) is 132 Å².